The fourth-order valence-electron chi connectivity index (χ4n) is 4.61. The second kappa shape index (κ2) is 9.33. The lowest BCUT2D eigenvalue weighted by molar-refractivity contribution is -0.143. The van der Waals surface area contributed by atoms with Crippen molar-refractivity contribution in [2.24, 2.45) is 16.8 Å². The Kier molecular flexibility index (Phi) is 7.06. The molecule has 2 heterocycles. The smallest absolute Gasteiger partial charge is 0.356 e. The molecule has 9 heteroatoms. The Morgan fingerprint density at radius 2 is 1.86 bits per heavy atom. The molecule has 1 saturated carbocycles. The van der Waals surface area contributed by atoms with Gasteiger partial charge < -0.3 is 15.5 Å². The number of rotatable bonds is 5. The lowest BCUT2D eigenvalue weighted by Gasteiger charge is -2.22. The molecular formula is C19H32F3N5O. The summed E-state index contributed by atoms with van der Waals surface area (Å²) >= 11 is 0. The molecule has 0 aromatic rings. The molecule has 6 nitrogen and oxygen atoms in total. The molecule has 3 rings (SSSR count). The van der Waals surface area contributed by atoms with Crippen molar-refractivity contribution in [2.75, 3.05) is 46.3 Å². The first kappa shape index (κ1) is 21.2. The Labute approximate surface area is 164 Å². The van der Waals surface area contributed by atoms with Crippen LogP contribution >= 0.6 is 0 Å². The van der Waals surface area contributed by atoms with Crippen LogP contribution in [-0.4, -0.2) is 80.2 Å². The number of nitrogens with zero attached hydrogens (tertiary/aromatic N) is 3. The van der Waals surface area contributed by atoms with E-state index in [1.807, 2.05) is 4.90 Å². The summed E-state index contributed by atoms with van der Waals surface area (Å²) in [5.74, 6) is 1.35. The second-order valence-corrected chi connectivity index (χ2v) is 8.35. The molecule has 28 heavy (non-hydrogen) atoms. The molecule has 3 aliphatic rings. The number of aliphatic imine (C=N–C) groups is 1. The van der Waals surface area contributed by atoms with Gasteiger partial charge in [-0.25, -0.2) is 0 Å². The van der Waals surface area contributed by atoms with Crippen LogP contribution < -0.4 is 10.6 Å². The summed E-state index contributed by atoms with van der Waals surface area (Å²) in [5, 5.41) is 6.61. The number of carbonyl (C=O) groups is 1. The van der Waals surface area contributed by atoms with Gasteiger partial charge in [0.1, 0.15) is 0 Å². The number of likely N-dealkylation sites (tertiary alicyclic amines) is 2. The number of nitrogens with one attached hydrogen (secondary N) is 2. The molecule has 1 amide bonds. The predicted molar refractivity (Wildman–Crippen MR) is 102 cm³/mol. The van der Waals surface area contributed by atoms with Crippen LogP contribution in [0.15, 0.2) is 4.99 Å². The molecule has 0 bridgehead atoms. The maximum atomic E-state index is 12.5. The molecule has 0 radical (unpaired) electrons. The van der Waals surface area contributed by atoms with Gasteiger partial charge in [-0.15, -0.1) is 0 Å². The number of hydrogen-bond donors (Lipinski definition) is 2. The van der Waals surface area contributed by atoms with E-state index in [2.05, 4.69) is 15.6 Å². The van der Waals surface area contributed by atoms with Gasteiger partial charge in [0.15, 0.2) is 5.96 Å². The minimum atomic E-state index is -4.13. The lowest BCUT2D eigenvalue weighted by Crippen LogP contribution is -2.46. The van der Waals surface area contributed by atoms with Gasteiger partial charge in [-0.3, -0.25) is 14.7 Å². The summed E-state index contributed by atoms with van der Waals surface area (Å²) in [7, 11) is 1.69. The number of guanidine groups is 1. The van der Waals surface area contributed by atoms with E-state index in [-0.39, 0.29) is 17.9 Å². The minimum absolute atomic E-state index is 0.168. The van der Waals surface area contributed by atoms with Crippen LogP contribution in [0.25, 0.3) is 0 Å². The van der Waals surface area contributed by atoms with E-state index >= 15 is 0 Å². The van der Waals surface area contributed by atoms with Crippen molar-refractivity contribution in [3.8, 4) is 0 Å². The fourth-order valence-corrected chi connectivity index (χ4v) is 4.61. The van der Waals surface area contributed by atoms with E-state index in [4.69, 9.17) is 0 Å². The van der Waals surface area contributed by atoms with Crippen molar-refractivity contribution in [3.05, 3.63) is 0 Å². The zero-order chi connectivity index (χ0) is 20.1. The largest absolute Gasteiger partial charge is 0.401 e. The monoisotopic (exact) mass is 403 g/mol. The van der Waals surface area contributed by atoms with Crippen LogP contribution in [0.1, 0.15) is 38.5 Å². The van der Waals surface area contributed by atoms with Crippen LogP contribution in [0.5, 0.6) is 0 Å². The fraction of sp³-hybridized carbons (Fsp3) is 0.895. The number of alkyl halides is 3. The summed E-state index contributed by atoms with van der Waals surface area (Å²) in [6.45, 7) is 2.18. The Balaban J connectivity index is 1.38. The van der Waals surface area contributed by atoms with Gasteiger partial charge in [0.05, 0.1) is 6.54 Å². The molecule has 3 fully saturated rings. The van der Waals surface area contributed by atoms with E-state index in [9.17, 15) is 18.0 Å². The molecule has 2 aliphatic heterocycles. The normalized spacial score (nSPS) is 27.6. The number of amides is 1. The molecule has 1 aliphatic carbocycles. The first-order valence-electron chi connectivity index (χ1n) is 10.4. The summed E-state index contributed by atoms with van der Waals surface area (Å²) in [6.07, 6.45) is 1.86. The van der Waals surface area contributed by atoms with Crippen LogP contribution in [0.2, 0.25) is 0 Å². The Morgan fingerprint density at radius 3 is 2.54 bits per heavy atom. The highest BCUT2D eigenvalue weighted by atomic mass is 19.4. The van der Waals surface area contributed by atoms with Gasteiger partial charge >= 0.3 is 6.18 Å². The molecule has 0 aromatic carbocycles. The van der Waals surface area contributed by atoms with Gasteiger partial charge in [-0.2, -0.15) is 13.2 Å². The summed E-state index contributed by atoms with van der Waals surface area (Å²) in [5.41, 5.74) is 0. The predicted octanol–water partition coefficient (Wildman–Crippen LogP) is 1.83. The average molecular weight is 403 g/mol. The van der Waals surface area contributed by atoms with Crippen LogP contribution in [0, 0.1) is 11.8 Å². The zero-order valence-corrected chi connectivity index (χ0v) is 16.6. The molecule has 0 spiro atoms. The Hall–Kier alpha value is -1.51. The molecule has 160 valence electrons. The van der Waals surface area contributed by atoms with Gasteiger partial charge in [-0.05, 0) is 38.1 Å². The van der Waals surface area contributed by atoms with Crippen molar-refractivity contribution in [2.45, 2.75) is 50.7 Å². The van der Waals surface area contributed by atoms with E-state index in [1.54, 1.807) is 7.05 Å². The van der Waals surface area contributed by atoms with Crippen molar-refractivity contribution in [1.82, 2.24) is 20.4 Å². The first-order chi connectivity index (χ1) is 13.3. The summed E-state index contributed by atoms with van der Waals surface area (Å²) in [4.78, 5) is 20.2. The molecule has 2 atom stereocenters. The molecule has 2 unspecified atom stereocenters. The van der Waals surface area contributed by atoms with Crippen molar-refractivity contribution < 1.29 is 18.0 Å². The molecule has 0 aromatic heterocycles. The van der Waals surface area contributed by atoms with Crippen LogP contribution in [0.4, 0.5) is 13.2 Å². The highest BCUT2D eigenvalue weighted by Crippen LogP contribution is 2.28. The van der Waals surface area contributed by atoms with E-state index < -0.39 is 12.7 Å². The van der Waals surface area contributed by atoms with Gasteiger partial charge in [0.2, 0.25) is 5.91 Å². The van der Waals surface area contributed by atoms with Gasteiger partial charge in [-0.1, -0.05) is 12.8 Å². The SMILES string of the molecule is CN=C(NCC1CCN(CC(F)(F)F)C1)NC1CCN(C(=O)C2CCCC2)C1. The van der Waals surface area contributed by atoms with Crippen LogP contribution in [0.3, 0.4) is 0 Å². The minimum Gasteiger partial charge on any atom is -0.356 e. The van der Waals surface area contributed by atoms with Crippen LogP contribution in [-0.2, 0) is 4.79 Å². The third kappa shape index (κ3) is 5.99. The van der Waals surface area contributed by atoms with E-state index in [0.717, 1.165) is 45.1 Å². The summed E-state index contributed by atoms with van der Waals surface area (Å²) in [6, 6.07) is 0.168. The number of halogens is 3. The van der Waals surface area contributed by atoms with Gasteiger partial charge in [0.25, 0.3) is 0 Å². The highest BCUT2D eigenvalue weighted by molar-refractivity contribution is 5.81. The zero-order valence-electron chi connectivity index (χ0n) is 16.6. The van der Waals surface area contributed by atoms with Crippen molar-refractivity contribution in [1.29, 1.82) is 0 Å². The Bertz CT molecular complexity index is 562. The number of carbonyl (C=O) groups excluding carboxylic acids is 1. The molecule has 2 saturated heterocycles. The average Bonchev–Trinajstić information content (AvgIpc) is 3.38. The van der Waals surface area contributed by atoms with E-state index in [1.165, 1.54) is 4.90 Å². The third-order valence-electron chi connectivity index (χ3n) is 6.10. The maximum absolute atomic E-state index is 12.5. The molecular weight excluding hydrogens is 371 g/mol. The number of hydrogen-bond acceptors (Lipinski definition) is 3. The summed E-state index contributed by atoms with van der Waals surface area (Å²) < 4.78 is 37.5. The van der Waals surface area contributed by atoms with Crippen molar-refractivity contribution in [3.63, 3.8) is 0 Å². The third-order valence-corrected chi connectivity index (χ3v) is 6.10. The quantitative estimate of drug-likeness (QED) is 0.543. The Morgan fingerprint density at radius 1 is 1.11 bits per heavy atom. The highest BCUT2D eigenvalue weighted by Gasteiger charge is 2.35. The van der Waals surface area contributed by atoms with Crippen molar-refractivity contribution >= 4 is 11.9 Å². The topological polar surface area (TPSA) is 60.0 Å². The lowest BCUT2D eigenvalue weighted by atomic mass is 10.1. The second-order valence-electron chi connectivity index (χ2n) is 8.35. The van der Waals surface area contributed by atoms with Gasteiger partial charge in [0, 0.05) is 45.2 Å². The maximum Gasteiger partial charge on any atom is 0.401 e. The standard InChI is InChI=1S/C19H32F3N5O/c1-23-18(24-10-14-6-8-26(11-14)13-19(20,21)22)25-16-7-9-27(12-16)17(28)15-4-2-3-5-15/h14-16H,2-13H2,1H3,(H2,23,24,25). The first-order valence-corrected chi connectivity index (χ1v) is 10.4. The van der Waals surface area contributed by atoms with E-state index in [0.29, 0.717) is 38.0 Å². The molecule has 2 N–H and O–H groups in total.